The molecule has 0 saturated carbocycles. The SMILES string of the molecule is O=C(COC(=O)c1ccc2nc(-c3ccc([N+](=O)[O-])cc3)cc(-c3ccccc3)c2c1)c1ccc(-c2ccccc2)cc1. The molecule has 7 nitrogen and oxygen atoms in total. The number of carbonyl (C=O) groups excluding carboxylic acids is 2. The highest BCUT2D eigenvalue weighted by Gasteiger charge is 2.16. The fourth-order valence-corrected chi connectivity index (χ4v) is 4.89. The largest absolute Gasteiger partial charge is 0.454 e. The molecule has 1 aromatic heterocycles. The fraction of sp³-hybridized carbons (Fsp3) is 0.0278. The summed E-state index contributed by atoms with van der Waals surface area (Å²) in [4.78, 5) is 41.3. The number of esters is 1. The number of ketones is 1. The quantitative estimate of drug-likeness (QED) is 0.0800. The second-order valence-electron chi connectivity index (χ2n) is 9.90. The molecule has 43 heavy (non-hydrogen) atoms. The Hall–Kier alpha value is -5.95. The van der Waals surface area contributed by atoms with Crippen LogP contribution in [0.4, 0.5) is 5.69 Å². The first-order chi connectivity index (χ1) is 21.0. The number of pyridine rings is 1. The van der Waals surface area contributed by atoms with Gasteiger partial charge in [-0.2, -0.15) is 0 Å². The Balaban J connectivity index is 1.25. The van der Waals surface area contributed by atoms with Gasteiger partial charge in [0.1, 0.15) is 0 Å². The van der Waals surface area contributed by atoms with Crippen LogP contribution in [0, 0.1) is 10.1 Å². The van der Waals surface area contributed by atoms with Crippen LogP contribution in [0.15, 0.2) is 133 Å². The lowest BCUT2D eigenvalue weighted by Gasteiger charge is -2.12. The minimum Gasteiger partial charge on any atom is -0.454 e. The number of ether oxygens (including phenoxy) is 1. The smallest absolute Gasteiger partial charge is 0.338 e. The number of hydrogen-bond acceptors (Lipinski definition) is 6. The summed E-state index contributed by atoms with van der Waals surface area (Å²) in [6, 6.07) is 39.9. The number of hydrogen-bond donors (Lipinski definition) is 0. The van der Waals surface area contributed by atoms with Crippen LogP contribution in [0.5, 0.6) is 0 Å². The topological polar surface area (TPSA) is 99.4 Å². The lowest BCUT2D eigenvalue weighted by molar-refractivity contribution is -0.384. The van der Waals surface area contributed by atoms with E-state index in [2.05, 4.69) is 0 Å². The van der Waals surface area contributed by atoms with Gasteiger partial charge in [-0.15, -0.1) is 0 Å². The number of rotatable bonds is 8. The van der Waals surface area contributed by atoms with Crippen molar-refractivity contribution >= 4 is 28.3 Å². The molecule has 0 amide bonds. The fourth-order valence-electron chi connectivity index (χ4n) is 4.89. The van der Waals surface area contributed by atoms with Crippen molar-refractivity contribution in [3.05, 3.63) is 155 Å². The third-order valence-corrected chi connectivity index (χ3v) is 7.15. The molecule has 0 radical (unpaired) electrons. The minimum atomic E-state index is -0.616. The monoisotopic (exact) mass is 564 g/mol. The van der Waals surface area contributed by atoms with Crippen molar-refractivity contribution in [2.75, 3.05) is 6.61 Å². The molecule has 0 saturated heterocycles. The Labute approximate surface area is 247 Å². The van der Waals surface area contributed by atoms with Gasteiger partial charge in [0.05, 0.1) is 21.7 Å². The van der Waals surface area contributed by atoms with E-state index in [1.165, 1.54) is 12.1 Å². The van der Waals surface area contributed by atoms with Crippen LogP contribution in [0.25, 0.3) is 44.4 Å². The summed E-state index contributed by atoms with van der Waals surface area (Å²) in [6.45, 7) is -0.384. The van der Waals surface area contributed by atoms with Gasteiger partial charge in [0.2, 0.25) is 0 Å². The molecule has 7 heteroatoms. The number of non-ortho nitro benzene ring substituents is 1. The Kier molecular flexibility index (Phi) is 7.53. The lowest BCUT2D eigenvalue weighted by Crippen LogP contribution is -2.14. The van der Waals surface area contributed by atoms with Crippen LogP contribution in [-0.4, -0.2) is 28.3 Å². The zero-order valence-electron chi connectivity index (χ0n) is 22.8. The van der Waals surface area contributed by atoms with Gasteiger partial charge in [-0.05, 0) is 58.7 Å². The normalized spacial score (nSPS) is 10.8. The first kappa shape index (κ1) is 27.2. The summed E-state index contributed by atoms with van der Waals surface area (Å²) in [7, 11) is 0. The minimum absolute atomic E-state index is 0.00124. The number of nitro benzene ring substituents is 1. The Morgan fingerprint density at radius 2 is 1.23 bits per heavy atom. The molecule has 0 bridgehead atoms. The van der Waals surface area contributed by atoms with Crippen molar-refractivity contribution in [3.8, 4) is 33.5 Å². The molecular weight excluding hydrogens is 540 g/mol. The molecule has 0 aliphatic carbocycles. The van der Waals surface area contributed by atoms with Crippen molar-refractivity contribution in [1.29, 1.82) is 0 Å². The Bertz CT molecular complexity index is 1950. The van der Waals surface area contributed by atoms with E-state index in [0.717, 1.165) is 33.2 Å². The third kappa shape index (κ3) is 5.92. The molecule has 5 aromatic carbocycles. The molecule has 6 aromatic rings. The zero-order valence-corrected chi connectivity index (χ0v) is 22.8. The summed E-state index contributed by atoms with van der Waals surface area (Å²) >= 11 is 0. The van der Waals surface area contributed by atoms with E-state index in [0.29, 0.717) is 22.3 Å². The summed E-state index contributed by atoms with van der Waals surface area (Å²) in [5.41, 5.74) is 6.55. The van der Waals surface area contributed by atoms with Gasteiger partial charge in [-0.25, -0.2) is 9.78 Å². The van der Waals surface area contributed by atoms with Crippen LogP contribution < -0.4 is 0 Å². The number of fused-ring (bicyclic) bond motifs is 1. The second-order valence-corrected chi connectivity index (χ2v) is 9.90. The third-order valence-electron chi connectivity index (χ3n) is 7.15. The maximum absolute atomic E-state index is 13.0. The number of Topliss-reactive ketones (excluding diaryl/α,β-unsaturated/α-hetero) is 1. The number of aromatic nitrogens is 1. The van der Waals surface area contributed by atoms with E-state index in [4.69, 9.17) is 9.72 Å². The van der Waals surface area contributed by atoms with E-state index in [-0.39, 0.29) is 18.1 Å². The van der Waals surface area contributed by atoms with E-state index in [9.17, 15) is 19.7 Å². The molecule has 0 fully saturated rings. The van der Waals surface area contributed by atoms with Crippen LogP contribution >= 0.6 is 0 Å². The molecule has 0 aliphatic rings. The van der Waals surface area contributed by atoms with E-state index >= 15 is 0 Å². The maximum atomic E-state index is 13.0. The molecule has 0 N–H and O–H groups in total. The summed E-state index contributed by atoms with van der Waals surface area (Å²) in [5.74, 6) is -0.914. The van der Waals surface area contributed by atoms with E-state index < -0.39 is 10.9 Å². The van der Waals surface area contributed by atoms with Gasteiger partial charge >= 0.3 is 5.97 Å². The summed E-state index contributed by atoms with van der Waals surface area (Å²) in [6.07, 6.45) is 0. The Morgan fingerprint density at radius 1 is 0.651 bits per heavy atom. The van der Waals surface area contributed by atoms with Crippen molar-refractivity contribution in [1.82, 2.24) is 4.98 Å². The van der Waals surface area contributed by atoms with Gasteiger partial charge in [-0.3, -0.25) is 14.9 Å². The predicted octanol–water partition coefficient (Wildman–Crippen LogP) is 8.18. The van der Waals surface area contributed by atoms with Gasteiger partial charge < -0.3 is 4.74 Å². The predicted molar refractivity (Wildman–Crippen MR) is 166 cm³/mol. The molecule has 0 spiro atoms. The molecule has 0 atom stereocenters. The zero-order chi connectivity index (χ0) is 29.8. The van der Waals surface area contributed by atoms with Crippen LogP contribution in [0.2, 0.25) is 0 Å². The standard InChI is InChI=1S/C36H24N2O5/c39-35(28-13-11-25(12-14-28)24-7-3-1-4-8-24)23-43-36(40)29-17-20-33-32(21-29)31(26-9-5-2-6-10-26)22-34(37-33)27-15-18-30(19-16-27)38(41)42/h1-22H,23H2. The van der Waals surface area contributed by atoms with E-state index in [1.54, 1.807) is 42.5 Å². The number of nitro groups is 1. The average Bonchev–Trinajstić information content (AvgIpc) is 3.07. The van der Waals surface area contributed by atoms with E-state index in [1.807, 2.05) is 78.9 Å². The van der Waals surface area contributed by atoms with Crippen molar-refractivity contribution in [2.24, 2.45) is 0 Å². The van der Waals surface area contributed by atoms with Crippen LogP contribution in [0.1, 0.15) is 20.7 Å². The number of benzene rings is 5. The van der Waals surface area contributed by atoms with Crippen molar-refractivity contribution in [3.63, 3.8) is 0 Å². The lowest BCUT2D eigenvalue weighted by atomic mass is 9.97. The Morgan fingerprint density at radius 3 is 1.88 bits per heavy atom. The van der Waals surface area contributed by atoms with Crippen molar-refractivity contribution < 1.29 is 19.2 Å². The molecule has 0 unspecified atom stereocenters. The van der Waals surface area contributed by atoms with Gasteiger partial charge in [0.15, 0.2) is 12.4 Å². The van der Waals surface area contributed by atoms with Gasteiger partial charge in [0.25, 0.3) is 5.69 Å². The first-order valence-corrected chi connectivity index (χ1v) is 13.6. The molecule has 208 valence electrons. The number of nitrogens with zero attached hydrogens (tertiary/aromatic N) is 2. The molecular formula is C36H24N2O5. The van der Waals surface area contributed by atoms with Crippen LogP contribution in [-0.2, 0) is 4.74 Å². The molecule has 0 aliphatic heterocycles. The first-order valence-electron chi connectivity index (χ1n) is 13.6. The summed E-state index contributed by atoms with van der Waals surface area (Å²) in [5, 5.41) is 11.8. The van der Waals surface area contributed by atoms with Crippen LogP contribution in [0.3, 0.4) is 0 Å². The second kappa shape index (κ2) is 11.9. The molecule has 6 rings (SSSR count). The molecule has 1 heterocycles. The average molecular weight is 565 g/mol. The number of carbonyl (C=O) groups is 2. The van der Waals surface area contributed by atoms with Crippen molar-refractivity contribution in [2.45, 2.75) is 0 Å². The van der Waals surface area contributed by atoms with Gasteiger partial charge in [-0.1, -0.05) is 84.9 Å². The summed E-state index contributed by atoms with van der Waals surface area (Å²) < 4.78 is 5.41. The highest BCUT2D eigenvalue weighted by atomic mass is 16.6. The highest BCUT2D eigenvalue weighted by molar-refractivity contribution is 6.03. The van der Waals surface area contributed by atoms with Gasteiger partial charge in [0, 0.05) is 28.6 Å². The maximum Gasteiger partial charge on any atom is 0.338 e. The highest BCUT2D eigenvalue weighted by Crippen LogP contribution is 2.33.